The normalized spacial score (nSPS) is 10.5. The summed E-state index contributed by atoms with van der Waals surface area (Å²) in [5.74, 6) is -0.0312. The molecule has 0 radical (unpaired) electrons. The summed E-state index contributed by atoms with van der Waals surface area (Å²) >= 11 is 0. The average Bonchev–Trinajstić information content (AvgIpc) is 2.66. The first-order valence-electron chi connectivity index (χ1n) is 8.44. The van der Waals surface area contributed by atoms with Crippen LogP contribution in [0.1, 0.15) is 18.1 Å². The second-order valence-electron chi connectivity index (χ2n) is 5.68. The Balaban J connectivity index is 1.77. The monoisotopic (exact) mass is 353 g/mol. The van der Waals surface area contributed by atoms with Crippen LogP contribution in [0.3, 0.4) is 0 Å². The molecule has 136 valence electrons. The molecule has 2 rings (SSSR count). The number of hydrogen-bond donors (Lipinski definition) is 0. The highest BCUT2D eigenvalue weighted by Crippen LogP contribution is 2.13. The summed E-state index contributed by atoms with van der Waals surface area (Å²) in [7, 11) is 1.68. The molecule has 0 aliphatic carbocycles. The van der Waals surface area contributed by atoms with Gasteiger partial charge in [0.2, 0.25) is 0 Å². The van der Waals surface area contributed by atoms with Crippen molar-refractivity contribution in [1.29, 1.82) is 0 Å². The smallest absolute Gasteiger partial charge is 0.331 e. The Labute approximate surface area is 153 Å². The van der Waals surface area contributed by atoms with Gasteiger partial charge in [-0.15, -0.1) is 0 Å². The summed E-state index contributed by atoms with van der Waals surface area (Å²) in [4.78, 5) is 25.3. The predicted octanol–water partition coefficient (Wildman–Crippen LogP) is 3.30. The van der Waals surface area contributed by atoms with E-state index in [0.717, 1.165) is 16.9 Å². The van der Waals surface area contributed by atoms with E-state index in [1.807, 2.05) is 61.5 Å². The summed E-state index contributed by atoms with van der Waals surface area (Å²) in [6, 6.07) is 17.0. The lowest BCUT2D eigenvalue weighted by molar-refractivity contribution is -0.147. The molecular formula is C21H23NO4. The Bertz CT molecular complexity index is 738. The molecule has 0 heterocycles. The van der Waals surface area contributed by atoms with Crippen molar-refractivity contribution in [3.8, 4) is 5.75 Å². The van der Waals surface area contributed by atoms with Gasteiger partial charge in [-0.05, 0) is 36.3 Å². The zero-order valence-electron chi connectivity index (χ0n) is 15.1. The van der Waals surface area contributed by atoms with E-state index in [4.69, 9.17) is 9.47 Å². The van der Waals surface area contributed by atoms with Crippen LogP contribution in [0.4, 0.5) is 0 Å². The Morgan fingerprint density at radius 2 is 1.73 bits per heavy atom. The van der Waals surface area contributed by atoms with Gasteiger partial charge in [0, 0.05) is 19.7 Å². The van der Waals surface area contributed by atoms with Gasteiger partial charge in [0.25, 0.3) is 5.91 Å². The minimum atomic E-state index is -0.555. The number of carbonyl (C=O) groups excluding carboxylic acids is 2. The first kappa shape index (κ1) is 19.2. The summed E-state index contributed by atoms with van der Waals surface area (Å²) in [6.45, 7) is 2.71. The van der Waals surface area contributed by atoms with Gasteiger partial charge in [-0.1, -0.05) is 42.5 Å². The molecule has 1 amide bonds. The molecule has 0 saturated carbocycles. The third-order valence-corrected chi connectivity index (χ3v) is 3.63. The third-order valence-electron chi connectivity index (χ3n) is 3.63. The minimum absolute atomic E-state index is 0.253. The van der Waals surface area contributed by atoms with Crippen molar-refractivity contribution in [1.82, 2.24) is 4.90 Å². The van der Waals surface area contributed by atoms with Crippen molar-refractivity contribution in [2.45, 2.75) is 13.5 Å². The van der Waals surface area contributed by atoms with Crippen molar-refractivity contribution in [3.05, 3.63) is 71.8 Å². The van der Waals surface area contributed by atoms with Crippen molar-refractivity contribution in [2.75, 3.05) is 20.3 Å². The van der Waals surface area contributed by atoms with Crippen molar-refractivity contribution in [2.24, 2.45) is 0 Å². The van der Waals surface area contributed by atoms with Gasteiger partial charge in [0.1, 0.15) is 5.75 Å². The van der Waals surface area contributed by atoms with Gasteiger partial charge in [-0.25, -0.2) is 4.79 Å². The Morgan fingerprint density at radius 3 is 2.38 bits per heavy atom. The van der Waals surface area contributed by atoms with Crippen LogP contribution in [0, 0.1) is 0 Å². The van der Waals surface area contributed by atoms with Gasteiger partial charge < -0.3 is 14.4 Å². The van der Waals surface area contributed by atoms with E-state index in [-0.39, 0.29) is 12.5 Å². The summed E-state index contributed by atoms with van der Waals surface area (Å²) < 4.78 is 10.4. The van der Waals surface area contributed by atoms with Crippen LogP contribution in [0.25, 0.3) is 6.08 Å². The second-order valence-corrected chi connectivity index (χ2v) is 5.68. The molecule has 0 N–H and O–H groups in total. The molecule has 2 aromatic carbocycles. The number of carbonyl (C=O) groups is 2. The van der Waals surface area contributed by atoms with Crippen LogP contribution in [0.15, 0.2) is 60.7 Å². The molecule has 2 aromatic rings. The quantitative estimate of drug-likeness (QED) is 0.540. The maximum absolute atomic E-state index is 12.0. The predicted molar refractivity (Wildman–Crippen MR) is 101 cm³/mol. The van der Waals surface area contributed by atoms with Crippen LogP contribution in [-0.2, 0) is 20.9 Å². The molecule has 0 unspecified atom stereocenters. The number of ether oxygens (including phenoxy) is 2. The van der Waals surface area contributed by atoms with Crippen molar-refractivity contribution in [3.63, 3.8) is 0 Å². The Morgan fingerprint density at radius 1 is 1.04 bits per heavy atom. The molecule has 0 aromatic heterocycles. The van der Waals surface area contributed by atoms with Crippen LogP contribution >= 0.6 is 0 Å². The standard InChI is InChI=1S/C21H23NO4/c1-3-25-19-12-9-17(10-13-19)11-14-21(24)26-16-20(23)22(2)15-18-7-5-4-6-8-18/h4-14H,3,15-16H2,1-2H3/b14-11+. The SMILES string of the molecule is CCOc1ccc(/C=C/C(=O)OCC(=O)N(C)Cc2ccccc2)cc1. The maximum Gasteiger partial charge on any atom is 0.331 e. The van der Waals surface area contributed by atoms with Crippen molar-refractivity contribution >= 4 is 18.0 Å². The van der Waals surface area contributed by atoms with Gasteiger partial charge in [-0.2, -0.15) is 0 Å². The van der Waals surface area contributed by atoms with E-state index in [1.54, 1.807) is 13.1 Å². The molecule has 0 aliphatic heterocycles. The van der Waals surface area contributed by atoms with E-state index >= 15 is 0 Å². The lowest BCUT2D eigenvalue weighted by atomic mass is 10.2. The number of hydrogen-bond acceptors (Lipinski definition) is 4. The molecule has 0 atom stereocenters. The molecule has 5 heteroatoms. The minimum Gasteiger partial charge on any atom is -0.494 e. The van der Waals surface area contributed by atoms with Gasteiger partial charge in [0.05, 0.1) is 6.61 Å². The van der Waals surface area contributed by atoms with Gasteiger partial charge in [0.15, 0.2) is 6.61 Å². The van der Waals surface area contributed by atoms with Crippen LogP contribution in [0.5, 0.6) is 5.75 Å². The van der Waals surface area contributed by atoms with E-state index in [1.165, 1.54) is 11.0 Å². The zero-order valence-corrected chi connectivity index (χ0v) is 15.1. The number of likely N-dealkylation sites (N-methyl/N-ethyl adjacent to an activating group) is 1. The number of rotatable bonds is 8. The van der Waals surface area contributed by atoms with E-state index in [2.05, 4.69) is 0 Å². The third kappa shape index (κ3) is 6.43. The molecule has 5 nitrogen and oxygen atoms in total. The number of nitrogens with zero attached hydrogens (tertiary/aromatic N) is 1. The highest BCUT2D eigenvalue weighted by atomic mass is 16.5. The molecular weight excluding hydrogens is 330 g/mol. The summed E-state index contributed by atoms with van der Waals surface area (Å²) in [5, 5.41) is 0. The first-order valence-corrected chi connectivity index (χ1v) is 8.44. The highest BCUT2D eigenvalue weighted by Gasteiger charge is 2.11. The van der Waals surface area contributed by atoms with Crippen molar-refractivity contribution < 1.29 is 19.1 Å². The number of benzene rings is 2. The lowest BCUT2D eigenvalue weighted by Crippen LogP contribution is -2.30. The topological polar surface area (TPSA) is 55.8 Å². The lowest BCUT2D eigenvalue weighted by Gasteiger charge is -2.16. The molecule has 0 saturated heterocycles. The highest BCUT2D eigenvalue weighted by molar-refractivity contribution is 5.89. The summed E-state index contributed by atoms with van der Waals surface area (Å²) in [5.41, 5.74) is 1.86. The largest absolute Gasteiger partial charge is 0.494 e. The summed E-state index contributed by atoms with van der Waals surface area (Å²) in [6.07, 6.45) is 2.94. The van der Waals surface area contributed by atoms with E-state index < -0.39 is 5.97 Å². The fourth-order valence-corrected chi connectivity index (χ4v) is 2.24. The number of esters is 1. The average molecular weight is 353 g/mol. The second kappa shape index (κ2) is 10.0. The molecule has 0 fully saturated rings. The molecule has 26 heavy (non-hydrogen) atoms. The zero-order chi connectivity index (χ0) is 18.8. The van der Waals surface area contributed by atoms with Crippen LogP contribution in [-0.4, -0.2) is 37.0 Å². The first-order chi connectivity index (χ1) is 12.6. The Kier molecular flexibility index (Phi) is 7.43. The molecule has 0 aliphatic rings. The van der Waals surface area contributed by atoms with E-state index in [0.29, 0.717) is 13.2 Å². The maximum atomic E-state index is 12.0. The van der Waals surface area contributed by atoms with E-state index in [9.17, 15) is 9.59 Å². The number of amides is 1. The van der Waals surface area contributed by atoms with Gasteiger partial charge in [-0.3, -0.25) is 4.79 Å². The van der Waals surface area contributed by atoms with Gasteiger partial charge >= 0.3 is 5.97 Å². The van der Waals surface area contributed by atoms with Crippen LogP contribution < -0.4 is 4.74 Å². The molecule has 0 spiro atoms. The van der Waals surface area contributed by atoms with Crippen LogP contribution in [0.2, 0.25) is 0 Å². The molecule has 0 bridgehead atoms. The Hall–Kier alpha value is -3.08. The fourth-order valence-electron chi connectivity index (χ4n) is 2.24. The fraction of sp³-hybridized carbons (Fsp3) is 0.238.